The summed E-state index contributed by atoms with van der Waals surface area (Å²) in [5, 5.41) is 8.83. The maximum atomic E-state index is 12.5. The zero-order valence-electron chi connectivity index (χ0n) is 28.9. The number of unbranched alkanes of at least 4 members (excludes halogenated alkanes) is 20. The van der Waals surface area contributed by atoms with Crippen LogP contribution in [0.2, 0.25) is 0 Å². The van der Waals surface area contributed by atoms with E-state index < -0.39 is 51.1 Å². The number of rotatable bonds is 34. The number of carboxylic acid groups (broad SMARTS) is 1. The Bertz CT molecular complexity index is 813. The van der Waals surface area contributed by atoms with Crippen molar-refractivity contribution in [2.75, 3.05) is 19.8 Å². The second-order valence-corrected chi connectivity index (χ2v) is 13.8. The third-order valence-corrected chi connectivity index (χ3v) is 8.81. The van der Waals surface area contributed by atoms with Gasteiger partial charge in [0.2, 0.25) is 0 Å². The summed E-state index contributed by atoms with van der Waals surface area (Å²) in [7, 11) is -4.70. The van der Waals surface area contributed by atoms with Crippen LogP contribution in [0.1, 0.15) is 168 Å². The normalized spacial score (nSPS) is 14.0. The fraction of sp³-hybridized carbons (Fsp3) is 0.912. The van der Waals surface area contributed by atoms with E-state index in [-0.39, 0.29) is 19.4 Å². The summed E-state index contributed by atoms with van der Waals surface area (Å²) in [5.74, 6) is -2.37. The second-order valence-electron chi connectivity index (χ2n) is 12.4. The van der Waals surface area contributed by atoms with Gasteiger partial charge in [-0.1, -0.05) is 142 Å². The number of carbonyl (C=O) groups excluding carboxylic acids is 2. The van der Waals surface area contributed by atoms with Crippen LogP contribution in [-0.2, 0) is 37.5 Å². The first-order chi connectivity index (χ1) is 22.1. The smallest absolute Gasteiger partial charge is 0.472 e. The molecule has 0 bridgehead atoms. The molecule has 0 aliphatic heterocycles. The van der Waals surface area contributed by atoms with Gasteiger partial charge in [0.1, 0.15) is 12.6 Å². The third-order valence-electron chi connectivity index (χ3n) is 7.86. The molecule has 4 N–H and O–H groups in total. The van der Waals surface area contributed by atoms with Crippen molar-refractivity contribution in [1.82, 2.24) is 0 Å². The molecule has 0 rings (SSSR count). The average molecular weight is 680 g/mol. The molecule has 0 aromatic rings. The van der Waals surface area contributed by atoms with E-state index in [4.69, 9.17) is 24.8 Å². The predicted molar refractivity (Wildman–Crippen MR) is 180 cm³/mol. The number of hydrogen-bond acceptors (Lipinski definition) is 9. The SMILES string of the molecule is CCCCCCCCCCCCCC(=O)OC[C@H](COP(=O)(O)OC[C@@H](N)C(=O)O)OC(=O)CCCCCCCCCCCCC. The standard InChI is InChI=1S/C34H66NO10P/c1-3-5-7-9-11-13-15-17-19-21-23-25-32(36)42-27-30(28-43-46(40,41)44-29-31(35)34(38)39)45-33(37)26-24-22-20-18-16-14-12-10-8-6-4-2/h30-31H,3-29,35H2,1-2H3,(H,38,39)(H,40,41)/t30-,31-/m1/s1. The van der Waals surface area contributed by atoms with Crippen molar-refractivity contribution in [2.45, 2.75) is 180 Å². The van der Waals surface area contributed by atoms with Gasteiger partial charge < -0.3 is 25.2 Å². The van der Waals surface area contributed by atoms with E-state index in [2.05, 4.69) is 18.4 Å². The highest BCUT2D eigenvalue weighted by Crippen LogP contribution is 2.43. The van der Waals surface area contributed by atoms with Crippen molar-refractivity contribution >= 4 is 25.7 Å². The Morgan fingerprint density at radius 2 is 0.957 bits per heavy atom. The van der Waals surface area contributed by atoms with Crippen LogP contribution < -0.4 is 5.73 Å². The Balaban J connectivity index is 4.46. The number of phosphoric acid groups is 1. The van der Waals surface area contributed by atoms with E-state index in [1.807, 2.05) is 0 Å². The Kier molecular flexibility index (Phi) is 29.8. The maximum absolute atomic E-state index is 12.5. The molecule has 0 amide bonds. The predicted octanol–water partition coefficient (Wildman–Crippen LogP) is 8.39. The summed E-state index contributed by atoms with van der Waals surface area (Å²) in [6, 6.07) is -1.51. The number of carboxylic acids is 1. The van der Waals surface area contributed by atoms with Gasteiger partial charge in [-0.25, -0.2) is 4.57 Å². The van der Waals surface area contributed by atoms with E-state index >= 15 is 0 Å². The van der Waals surface area contributed by atoms with Crippen molar-refractivity contribution in [3.8, 4) is 0 Å². The lowest BCUT2D eigenvalue weighted by Crippen LogP contribution is -2.34. The summed E-state index contributed by atoms with van der Waals surface area (Å²) < 4.78 is 32.5. The maximum Gasteiger partial charge on any atom is 0.472 e. The van der Waals surface area contributed by atoms with Gasteiger partial charge in [-0.15, -0.1) is 0 Å². The van der Waals surface area contributed by atoms with Gasteiger partial charge in [0.15, 0.2) is 6.10 Å². The van der Waals surface area contributed by atoms with Gasteiger partial charge in [-0.2, -0.15) is 0 Å². The van der Waals surface area contributed by atoms with Crippen LogP contribution in [0.5, 0.6) is 0 Å². The topological polar surface area (TPSA) is 172 Å². The number of aliphatic carboxylic acids is 1. The van der Waals surface area contributed by atoms with Crippen LogP contribution in [0.15, 0.2) is 0 Å². The molecule has 0 aromatic carbocycles. The van der Waals surface area contributed by atoms with Gasteiger partial charge >= 0.3 is 25.7 Å². The van der Waals surface area contributed by atoms with Crippen molar-refractivity contribution in [1.29, 1.82) is 0 Å². The van der Waals surface area contributed by atoms with Crippen LogP contribution in [0.3, 0.4) is 0 Å². The lowest BCUT2D eigenvalue weighted by atomic mass is 10.1. The Hall–Kier alpha value is -1.52. The van der Waals surface area contributed by atoms with Gasteiger partial charge in [0.05, 0.1) is 13.2 Å². The Morgan fingerprint density at radius 1 is 0.587 bits per heavy atom. The molecule has 0 fully saturated rings. The quantitative estimate of drug-likeness (QED) is 0.0339. The van der Waals surface area contributed by atoms with E-state index in [1.54, 1.807) is 0 Å². The van der Waals surface area contributed by atoms with Crippen LogP contribution in [0, 0.1) is 0 Å². The van der Waals surface area contributed by atoms with Crippen LogP contribution >= 0.6 is 7.82 Å². The molecule has 0 spiro atoms. The van der Waals surface area contributed by atoms with Gasteiger partial charge in [0, 0.05) is 12.8 Å². The second kappa shape index (κ2) is 30.8. The first kappa shape index (κ1) is 44.5. The lowest BCUT2D eigenvalue weighted by molar-refractivity contribution is -0.161. The van der Waals surface area contributed by atoms with Gasteiger partial charge in [-0.3, -0.25) is 23.4 Å². The fourth-order valence-electron chi connectivity index (χ4n) is 4.95. The molecule has 12 heteroatoms. The highest BCUT2D eigenvalue weighted by Gasteiger charge is 2.28. The van der Waals surface area contributed by atoms with Crippen LogP contribution in [-0.4, -0.2) is 59.9 Å². The highest BCUT2D eigenvalue weighted by molar-refractivity contribution is 7.47. The van der Waals surface area contributed by atoms with E-state index in [1.165, 1.54) is 89.9 Å². The van der Waals surface area contributed by atoms with Gasteiger partial charge in [0.25, 0.3) is 0 Å². The molecule has 0 saturated heterocycles. The molecular weight excluding hydrogens is 613 g/mol. The fourth-order valence-corrected chi connectivity index (χ4v) is 5.72. The zero-order chi connectivity index (χ0) is 34.3. The molecule has 272 valence electrons. The molecular formula is C34H66NO10P. The molecule has 1 unspecified atom stereocenters. The number of esters is 2. The summed E-state index contributed by atoms with van der Waals surface area (Å²) in [6.07, 6.45) is 24.6. The molecule has 0 aromatic heterocycles. The summed E-state index contributed by atoms with van der Waals surface area (Å²) in [6.45, 7) is 2.77. The van der Waals surface area contributed by atoms with Crippen molar-refractivity contribution in [3.63, 3.8) is 0 Å². The van der Waals surface area contributed by atoms with Gasteiger partial charge in [-0.05, 0) is 12.8 Å². The Labute approximate surface area is 278 Å². The zero-order valence-corrected chi connectivity index (χ0v) is 29.8. The minimum absolute atomic E-state index is 0.168. The monoisotopic (exact) mass is 679 g/mol. The molecule has 0 saturated carbocycles. The van der Waals surface area contributed by atoms with E-state index in [0.717, 1.165) is 38.5 Å². The van der Waals surface area contributed by atoms with Crippen molar-refractivity contribution < 1.29 is 47.5 Å². The highest BCUT2D eigenvalue weighted by atomic mass is 31.2. The number of carbonyl (C=O) groups is 3. The molecule has 0 heterocycles. The number of nitrogens with two attached hydrogens (primary N) is 1. The molecule has 11 nitrogen and oxygen atoms in total. The van der Waals surface area contributed by atoms with E-state index in [0.29, 0.717) is 12.8 Å². The van der Waals surface area contributed by atoms with Crippen molar-refractivity contribution in [3.05, 3.63) is 0 Å². The lowest BCUT2D eigenvalue weighted by Gasteiger charge is -2.20. The molecule has 46 heavy (non-hydrogen) atoms. The number of ether oxygens (including phenoxy) is 2. The summed E-state index contributed by atoms with van der Waals surface area (Å²) >= 11 is 0. The average Bonchev–Trinajstić information content (AvgIpc) is 3.02. The number of phosphoric ester groups is 1. The van der Waals surface area contributed by atoms with Crippen LogP contribution in [0.25, 0.3) is 0 Å². The molecule has 0 aliphatic rings. The molecule has 0 aliphatic carbocycles. The number of hydrogen-bond donors (Lipinski definition) is 3. The minimum Gasteiger partial charge on any atom is -0.480 e. The minimum atomic E-state index is -4.70. The molecule has 0 radical (unpaired) electrons. The van der Waals surface area contributed by atoms with Crippen LogP contribution in [0.4, 0.5) is 0 Å². The first-order valence-electron chi connectivity index (χ1n) is 18.1. The summed E-state index contributed by atoms with van der Waals surface area (Å²) in [5.41, 5.74) is 5.30. The largest absolute Gasteiger partial charge is 0.480 e. The van der Waals surface area contributed by atoms with E-state index in [9.17, 15) is 23.8 Å². The molecule has 3 atom stereocenters. The summed E-state index contributed by atoms with van der Waals surface area (Å²) in [4.78, 5) is 45.6. The van der Waals surface area contributed by atoms with Crippen molar-refractivity contribution in [2.24, 2.45) is 5.73 Å². The Morgan fingerprint density at radius 3 is 1.37 bits per heavy atom. The third kappa shape index (κ3) is 29.9. The first-order valence-corrected chi connectivity index (χ1v) is 19.6.